The number of hydrogen-bond donors (Lipinski definition) is 0. The third kappa shape index (κ3) is 4.67. The second-order valence-corrected chi connectivity index (χ2v) is 20.1. The average molecular weight is 576 g/mol. The molecule has 2 nitrogen and oxygen atoms in total. The Bertz CT molecular complexity index is 1180. The predicted octanol–water partition coefficient (Wildman–Crippen LogP) is 9.77. The van der Waals surface area contributed by atoms with Crippen LogP contribution in [0, 0.1) is 0 Å². The first-order valence-electron chi connectivity index (χ1n) is 14.0. The maximum absolute atomic E-state index is 7.60. The Morgan fingerprint density at radius 3 is 1.32 bits per heavy atom. The van der Waals surface area contributed by atoms with Gasteiger partial charge in [-0.15, -0.1) is 0 Å². The van der Waals surface area contributed by atoms with Crippen LogP contribution in [0.15, 0.2) is 84.0 Å². The summed E-state index contributed by atoms with van der Waals surface area (Å²) >= 11 is -4.37. The van der Waals surface area contributed by atoms with Crippen LogP contribution >= 0.6 is 0 Å². The zero-order valence-corrected chi connectivity index (χ0v) is 26.5. The first-order valence-corrected chi connectivity index (χ1v) is 18.5. The Kier molecular flexibility index (Phi) is 8.25. The number of rotatable bonds is 10. The summed E-state index contributed by atoms with van der Waals surface area (Å²) < 4.78 is 14.6. The molecular weight excluding hydrogens is 532 g/mol. The molecule has 2 aromatic rings. The summed E-state index contributed by atoms with van der Waals surface area (Å²) in [6.45, 7) is 18.1. The summed E-state index contributed by atoms with van der Waals surface area (Å²) in [5, 5.41) is 0. The predicted molar refractivity (Wildman–Crippen MR) is 154 cm³/mol. The van der Waals surface area contributed by atoms with Crippen molar-refractivity contribution in [2.45, 2.75) is 87.3 Å². The van der Waals surface area contributed by atoms with E-state index in [1.165, 1.54) is 33.4 Å². The molecule has 0 amide bonds. The van der Waals surface area contributed by atoms with E-state index in [1.54, 1.807) is 0 Å². The van der Waals surface area contributed by atoms with Crippen LogP contribution in [0.25, 0.3) is 0 Å². The quantitative estimate of drug-likeness (QED) is 0.281. The van der Waals surface area contributed by atoms with Gasteiger partial charge in [0.05, 0.1) is 0 Å². The van der Waals surface area contributed by atoms with Gasteiger partial charge in [-0.1, -0.05) is 0 Å². The van der Waals surface area contributed by atoms with Gasteiger partial charge >= 0.3 is 232 Å². The molecule has 0 saturated heterocycles. The fraction of sp³-hybridized carbons (Fsp3) is 0.412. The normalized spacial score (nSPS) is 22.8. The molecule has 0 N–H and O–H groups in total. The Hall–Kier alpha value is -2.12. The molecule has 2 unspecified atom stereocenters. The summed E-state index contributed by atoms with van der Waals surface area (Å²) in [6.07, 6.45) is 17.5. The number of allylic oxidation sites excluding steroid dienone is 8. The van der Waals surface area contributed by atoms with Crippen molar-refractivity contribution in [3.05, 3.63) is 106 Å². The first kappa shape index (κ1) is 27.9. The standard InChI is InChI=1S/2C10H14O.2C7H9.Zr/c2*1-3-8-5-6-10(11)9(4-2)7-8;2*1-6-4-3-5-7(6)2;/h2*5-7,11H,3-4H2,1-2H3;2*3-5H,1-2H3;/q;;;;+2/p-2. The van der Waals surface area contributed by atoms with Crippen LogP contribution in [-0.4, -0.2) is 0 Å². The zero-order chi connectivity index (χ0) is 26.8. The van der Waals surface area contributed by atoms with Crippen LogP contribution in [0.1, 0.15) is 77.6 Å². The third-order valence-corrected chi connectivity index (χ3v) is 20.9. The van der Waals surface area contributed by atoms with Crippen molar-refractivity contribution in [1.29, 1.82) is 0 Å². The van der Waals surface area contributed by atoms with Crippen molar-refractivity contribution in [3.63, 3.8) is 0 Å². The molecule has 0 saturated carbocycles. The van der Waals surface area contributed by atoms with Gasteiger partial charge in [0.1, 0.15) is 0 Å². The molecule has 2 aromatic carbocycles. The summed E-state index contributed by atoms with van der Waals surface area (Å²) in [5.41, 5.74) is 7.87. The molecule has 3 heteroatoms. The van der Waals surface area contributed by atoms with E-state index >= 15 is 0 Å². The molecule has 2 aliphatic carbocycles. The van der Waals surface area contributed by atoms with E-state index in [0.29, 0.717) is 0 Å². The van der Waals surface area contributed by atoms with E-state index in [1.807, 2.05) is 0 Å². The van der Waals surface area contributed by atoms with E-state index in [-0.39, 0.29) is 6.25 Å². The molecule has 0 heterocycles. The van der Waals surface area contributed by atoms with Crippen LogP contribution < -0.4 is 5.63 Å². The van der Waals surface area contributed by atoms with Gasteiger partial charge in [-0.25, -0.2) is 0 Å². The van der Waals surface area contributed by atoms with Crippen LogP contribution in [-0.2, 0) is 46.8 Å². The molecule has 37 heavy (non-hydrogen) atoms. The van der Waals surface area contributed by atoms with Gasteiger partial charge in [-0.3, -0.25) is 0 Å². The Balaban J connectivity index is 2.01. The van der Waals surface area contributed by atoms with Crippen LogP contribution in [0.4, 0.5) is 0 Å². The zero-order valence-electron chi connectivity index (χ0n) is 24.1. The van der Waals surface area contributed by atoms with Gasteiger partial charge in [0, 0.05) is 0 Å². The maximum atomic E-state index is 7.60. The second-order valence-electron chi connectivity index (χ2n) is 10.9. The van der Waals surface area contributed by atoms with Gasteiger partial charge < -0.3 is 0 Å². The summed E-state index contributed by atoms with van der Waals surface area (Å²) in [5.74, 6) is 1.98. The molecule has 0 bridgehead atoms. The van der Waals surface area contributed by atoms with Crippen LogP contribution in [0.2, 0.25) is 6.25 Å². The summed E-state index contributed by atoms with van der Waals surface area (Å²) in [6, 6.07) is 13.5. The monoisotopic (exact) mass is 574 g/mol. The molecular formula is C34H44O2Zr. The van der Waals surface area contributed by atoms with Crippen molar-refractivity contribution in [3.8, 4) is 11.5 Å². The van der Waals surface area contributed by atoms with Gasteiger partial charge in [0.25, 0.3) is 0 Å². The van der Waals surface area contributed by atoms with E-state index in [9.17, 15) is 0 Å². The number of aryl methyl sites for hydroxylation is 4. The van der Waals surface area contributed by atoms with Crippen molar-refractivity contribution >= 4 is 0 Å². The minimum absolute atomic E-state index is 0.296. The third-order valence-electron chi connectivity index (χ3n) is 8.89. The Morgan fingerprint density at radius 2 is 1.03 bits per heavy atom. The van der Waals surface area contributed by atoms with Crippen molar-refractivity contribution < 1.29 is 26.8 Å². The Labute approximate surface area is 230 Å². The second kappa shape index (κ2) is 10.9. The Morgan fingerprint density at radius 1 is 0.622 bits per heavy atom. The summed E-state index contributed by atoms with van der Waals surface area (Å²) in [4.78, 5) is 0. The molecule has 0 radical (unpaired) electrons. The van der Waals surface area contributed by atoms with Crippen LogP contribution in [0.3, 0.4) is 0 Å². The van der Waals surface area contributed by atoms with E-state index in [2.05, 4.69) is 128 Å². The molecule has 4 rings (SSSR count). The molecule has 0 fully saturated rings. The van der Waals surface area contributed by atoms with Gasteiger partial charge in [0.15, 0.2) is 0 Å². The van der Waals surface area contributed by atoms with E-state index in [4.69, 9.17) is 5.63 Å². The topological polar surface area (TPSA) is 18.5 Å². The van der Waals surface area contributed by atoms with Crippen molar-refractivity contribution in [2.24, 2.45) is 0 Å². The molecule has 0 spiro atoms. The minimum atomic E-state index is -4.37. The summed E-state index contributed by atoms with van der Waals surface area (Å²) in [7, 11) is 0. The molecule has 0 aromatic heterocycles. The van der Waals surface area contributed by atoms with Crippen molar-refractivity contribution in [2.75, 3.05) is 0 Å². The molecule has 0 aliphatic heterocycles. The SMILES string of the molecule is CCc1ccc([O][Zr]([O]c2ccc(CC)cc2CC)([C]2(C)C=CC=C2C)[C]2(C)C=CC=C2C)c(CC)c1. The van der Waals surface area contributed by atoms with Gasteiger partial charge in [0.2, 0.25) is 0 Å². The fourth-order valence-corrected chi connectivity index (χ4v) is 17.7. The van der Waals surface area contributed by atoms with Crippen molar-refractivity contribution in [1.82, 2.24) is 0 Å². The first-order chi connectivity index (χ1) is 17.7. The van der Waals surface area contributed by atoms with Gasteiger partial charge in [-0.2, -0.15) is 0 Å². The van der Waals surface area contributed by atoms with Crippen LogP contribution in [0.5, 0.6) is 11.5 Å². The van der Waals surface area contributed by atoms with E-state index in [0.717, 1.165) is 37.2 Å². The molecule has 196 valence electrons. The molecule has 2 aliphatic rings. The molecule has 2 atom stereocenters. The number of hydrogen-bond acceptors (Lipinski definition) is 2. The van der Waals surface area contributed by atoms with E-state index < -0.39 is 21.1 Å². The number of benzene rings is 2. The van der Waals surface area contributed by atoms with Gasteiger partial charge in [-0.05, 0) is 0 Å². The average Bonchev–Trinajstić information content (AvgIpc) is 3.45. The fourth-order valence-electron chi connectivity index (χ4n) is 5.87.